The molecule has 2 aromatic rings. The van der Waals surface area contributed by atoms with Crippen LogP contribution in [0, 0.1) is 5.82 Å². The van der Waals surface area contributed by atoms with Crippen molar-refractivity contribution in [1.82, 2.24) is 15.1 Å². The Morgan fingerprint density at radius 1 is 1.33 bits per heavy atom. The first-order chi connectivity index (χ1) is 10.1. The lowest BCUT2D eigenvalue weighted by molar-refractivity contribution is -0.127. The molecular formula is C14H15FN4OS. The molecule has 7 heteroatoms. The normalized spacial score (nSPS) is 18.4. The molecule has 2 heterocycles. The number of nitrogens with zero attached hydrogens (tertiary/aromatic N) is 3. The maximum absolute atomic E-state index is 12.8. The van der Waals surface area contributed by atoms with Crippen molar-refractivity contribution in [2.75, 3.05) is 18.8 Å². The molecule has 1 saturated heterocycles. The molecule has 0 aliphatic carbocycles. The quantitative estimate of drug-likeness (QED) is 0.935. The van der Waals surface area contributed by atoms with Crippen molar-refractivity contribution in [2.24, 2.45) is 0 Å². The molecule has 0 bridgehead atoms. The van der Waals surface area contributed by atoms with E-state index in [1.54, 1.807) is 12.1 Å². The van der Waals surface area contributed by atoms with Gasteiger partial charge in [-0.05, 0) is 24.1 Å². The minimum Gasteiger partial charge on any atom is -0.374 e. The summed E-state index contributed by atoms with van der Waals surface area (Å²) in [5, 5.41) is 9.07. The topological polar surface area (TPSA) is 72.1 Å². The van der Waals surface area contributed by atoms with E-state index >= 15 is 0 Å². The zero-order valence-electron chi connectivity index (χ0n) is 11.3. The van der Waals surface area contributed by atoms with Crippen molar-refractivity contribution < 1.29 is 9.18 Å². The predicted molar refractivity (Wildman–Crippen MR) is 78.4 cm³/mol. The zero-order chi connectivity index (χ0) is 14.8. The van der Waals surface area contributed by atoms with Crippen LogP contribution in [0.2, 0.25) is 0 Å². The Morgan fingerprint density at radius 2 is 2.10 bits per heavy atom. The van der Waals surface area contributed by atoms with Crippen molar-refractivity contribution in [3.63, 3.8) is 0 Å². The van der Waals surface area contributed by atoms with Gasteiger partial charge in [-0.25, -0.2) is 4.39 Å². The fourth-order valence-electron chi connectivity index (χ4n) is 2.48. The zero-order valence-corrected chi connectivity index (χ0v) is 12.1. The van der Waals surface area contributed by atoms with Crippen LogP contribution in [-0.2, 0) is 11.2 Å². The molecule has 1 aliphatic rings. The van der Waals surface area contributed by atoms with E-state index in [1.807, 2.05) is 4.90 Å². The number of halogens is 1. The summed E-state index contributed by atoms with van der Waals surface area (Å²) in [6.45, 7) is 1.28. The average molecular weight is 306 g/mol. The second-order valence-electron chi connectivity index (χ2n) is 5.10. The standard InChI is InChI=1S/C14H15FN4OS/c15-11-3-1-9(2-4-11)5-6-19-8-10(7-12(19)20)13-17-18-14(16)21-13/h1-4,10H,5-8H2,(H2,16,18). The Balaban J connectivity index is 1.59. The number of hydrogen-bond acceptors (Lipinski definition) is 5. The molecule has 1 aromatic carbocycles. The van der Waals surface area contributed by atoms with Crippen molar-refractivity contribution in [3.8, 4) is 0 Å². The minimum absolute atomic E-state index is 0.0838. The monoisotopic (exact) mass is 306 g/mol. The Bertz CT molecular complexity index is 643. The second kappa shape index (κ2) is 5.77. The van der Waals surface area contributed by atoms with Gasteiger partial charge in [0.1, 0.15) is 10.8 Å². The molecule has 1 atom stereocenters. The molecule has 2 N–H and O–H groups in total. The number of rotatable bonds is 4. The SMILES string of the molecule is Nc1nnc(C2CC(=O)N(CCc3ccc(F)cc3)C2)s1. The first-order valence-electron chi connectivity index (χ1n) is 6.73. The van der Waals surface area contributed by atoms with Crippen LogP contribution in [0.15, 0.2) is 24.3 Å². The van der Waals surface area contributed by atoms with E-state index in [0.717, 1.165) is 17.0 Å². The summed E-state index contributed by atoms with van der Waals surface area (Å²) in [6, 6.07) is 6.37. The molecular weight excluding hydrogens is 291 g/mol. The molecule has 0 radical (unpaired) electrons. The lowest BCUT2D eigenvalue weighted by Crippen LogP contribution is -2.27. The van der Waals surface area contributed by atoms with Crippen molar-refractivity contribution in [2.45, 2.75) is 18.8 Å². The van der Waals surface area contributed by atoms with Crippen LogP contribution in [0.4, 0.5) is 9.52 Å². The Kier molecular flexibility index (Phi) is 3.83. The molecule has 21 heavy (non-hydrogen) atoms. The predicted octanol–water partition coefficient (Wildman–Crippen LogP) is 1.82. The molecule has 1 aromatic heterocycles. The molecule has 1 unspecified atom stereocenters. The number of amides is 1. The highest BCUT2D eigenvalue weighted by molar-refractivity contribution is 7.15. The lowest BCUT2D eigenvalue weighted by Gasteiger charge is -2.16. The van der Waals surface area contributed by atoms with Gasteiger partial charge in [-0.2, -0.15) is 0 Å². The molecule has 1 amide bonds. The summed E-state index contributed by atoms with van der Waals surface area (Å²) in [7, 11) is 0. The maximum atomic E-state index is 12.8. The van der Waals surface area contributed by atoms with Gasteiger partial charge in [0.15, 0.2) is 0 Å². The van der Waals surface area contributed by atoms with E-state index < -0.39 is 0 Å². The molecule has 110 valence electrons. The number of hydrogen-bond donors (Lipinski definition) is 1. The van der Waals surface area contributed by atoms with E-state index in [2.05, 4.69) is 10.2 Å². The summed E-state index contributed by atoms with van der Waals surface area (Å²) >= 11 is 1.34. The van der Waals surface area contributed by atoms with Crippen LogP contribution < -0.4 is 5.73 Å². The van der Waals surface area contributed by atoms with Gasteiger partial charge in [-0.3, -0.25) is 4.79 Å². The first-order valence-corrected chi connectivity index (χ1v) is 7.54. The summed E-state index contributed by atoms with van der Waals surface area (Å²) in [5.74, 6) is -0.0404. The number of benzene rings is 1. The third-order valence-corrected chi connectivity index (χ3v) is 4.52. The largest absolute Gasteiger partial charge is 0.374 e. The molecule has 0 spiro atoms. The summed E-state index contributed by atoms with van der Waals surface area (Å²) in [4.78, 5) is 13.9. The molecule has 3 rings (SSSR count). The summed E-state index contributed by atoms with van der Waals surface area (Å²) in [5.41, 5.74) is 6.60. The van der Waals surface area contributed by atoms with Gasteiger partial charge in [0.2, 0.25) is 11.0 Å². The smallest absolute Gasteiger partial charge is 0.223 e. The van der Waals surface area contributed by atoms with E-state index in [1.165, 1.54) is 23.5 Å². The molecule has 0 saturated carbocycles. The average Bonchev–Trinajstić information content (AvgIpc) is 3.05. The first kappa shape index (κ1) is 13.9. The van der Waals surface area contributed by atoms with Gasteiger partial charge in [0.25, 0.3) is 0 Å². The third kappa shape index (κ3) is 3.18. The van der Waals surface area contributed by atoms with Crippen LogP contribution in [0.3, 0.4) is 0 Å². The van der Waals surface area contributed by atoms with E-state index in [0.29, 0.717) is 24.6 Å². The van der Waals surface area contributed by atoms with Crippen molar-refractivity contribution >= 4 is 22.4 Å². The molecule has 5 nitrogen and oxygen atoms in total. The second-order valence-corrected chi connectivity index (χ2v) is 6.14. The Morgan fingerprint density at radius 3 is 2.76 bits per heavy atom. The van der Waals surface area contributed by atoms with E-state index in [9.17, 15) is 9.18 Å². The Labute approximate surface area is 125 Å². The molecule has 1 aliphatic heterocycles. The van der Waals surface area contributed by atoms with Crippen LogP contribution in [0.5, 0.6) is 0 Å². The van der Waals surface area contributed by atoms with Crippen molar-refractivity contribution in [3.05, 3.63) is 40.7 Å². The fraction of sp³-hybridized carbons (Fsp3) is 0.357. The highest BCUT2D eigenvalue weighted by atomic mass is 32.1. The van der Waals surface area contributed by atoms with Crippen molar-refractivity contribution in [1.29, 1.82) is 0 Å². The maximum Gasteiger partial charge on any atom is 0.223 e. The van der Waals surface area contributed by atoms with Crippen LogP contribution in [-0.4, -0.2) is 34.1 Å². The van der Waals surface area contributed by atoms with Gasteiger partial charge < -0.3 is 10.6 Å². The third-order valence-electron chi connectivity index (χ3n) is 3.60. The van der Waals surface area contributed by atoms with Gasteiger partial charge in [-0.1, -0.05) is 23.5 Å². The van der Waals surface area contributed by atoms with Gasteiger partial charge in [0, 0.05) is 25.4 Å². The van der Waals surface area contributed by atoms with Crippen LogP contribution in [0.25, 0.3) is 0 Å². The van der Waals surface area contributed by atoms with E-state index in [4.69, 9.17) is 5.73 Å². The number of carbonyl (C=O) groups excluding carboxylic acids is 1. The van der Waals surface area contributed by atoms with Crippen LogP contribution in [0.1, 0.15) is 22.9 Å². The van der Waals surface area contributed by atoms with Gasteiger partial charge >= 0.3 is 0 Å². The van der Waals surface area contributed by atoms with Gasteiger partial charge in [0.05, 0.1) is 0 Å². The number of nitrogens with two attached hydrogens (primary N) is 1. The van der Waals surface area contributed by atoms with E-state index in [-0.39, 0.29) is 17.6 Å². The summed E-state index contributed by atoms with van der Waals surface area (Å²) in [6.07, 6.45) is 1.18. The lowest BCUT2D eigenvalue weighted by atomic mass is 10.1. The van der Waals surface area contributed by atoms with Gasteiger partial charge in [-0.15, -0.1) is 10.2 Å². The number of anilines is 1. The number of likely N-dealkylation sites (tertiary alicyclic amines) is 1. The summed E-state index contributed by atoms with van der Waals surface area (Å²) < 4.78 is 12.8. The minimum atomic E-state index is -0.245. The fourth-order valence-corrected chi connectivity index (χ4v) is 3.18. The number of nitrogen functional groups attached to an aromatic ring is 1. The highest BCUT2D eigenvalue weighted by Gasteiger charge is 2.32. The highest BCUT2D eigenvalue weighted by Crippen LogP contribution is 2.30. The molecule has 1 fully saturated rings. The van der Waals surface area contributed by atoms with Crippen LogP contribution >= 0.6 is 11.3 Å². The Hall–Kier alpha value is -2.02. The number of carbonyl (C=O) groups is 1. The number of aromatic nitrogens is 2.